The Labute approximate surface area is 147 Å². The van der Waals surface area contributed by atoms with Gasteiger partial charge in [0.05, 0.1) is 18.9 Å². The largest absolute Gasteiger partial charge is 0.506 e. The normalized spacial score (nSPS) is 18.5. The van der Waals surface area contributed by atoms with Gasteiger partial charge in [-0.1, -0.05) is 12.1 Å². The Bertz CT molecular complexity index is 712. The first-order valence-corrected chi connectivity index (χ1v) is 8.74. The second-order valence-electron chi connectivity index (χ2n) is 6.30. The van der Waals surface area contributed by atoms with Crippen LogP contribution >= 0.6 is 0 Å². The minimum absolute atomic E-state index is 0.340. The molecular formula is C18H23N5O2. The highest BCUT2D eigenvalue weighted by Crippen LogP contribution is 2.28. The summed E-state index contributed by atoms with van der Waals surface area (Å²) in [5.74, 6) is 2.28. The molecule has 2 fully saturated rings. The highest BCUT2D eigenvalue weighted by atomic mass is 16.5. The van der Waals surface area contributed by atoms with Crippen molar-refractivity contribution < 1.29 is 9.84 Å². The SMILES string of the molecule is Oc1ccccc1N1CCN(c2cc(N3CCOCC3)ncn2)CC1. The number of hydrogen-bond acceptors (Lipinski definition) is 7. The molecule has 2 saturated heterocycles. The maximum Gasteiger partial charge on any atom is 0.138 e. The van der Waals surface area contributed by atoms with Crippen molar-refractivity contribution in [3.63, 3.8) is 0 Å². The summed E-state index contributed by atoms with van der Waals surface area (Å²) in [6, 6.07) is 9.58. The van der Waals surface area contributed by atoms with Gasteiger partial charge >= 0.3 is 0 Å². The molecule has 3 heterocycles. The zero-order valence-corrected chi connectivity index (χ0v) is 14.2. The second-order valence-corrected chi connectivity index (χ2v) is 6.30. The number of aromatic nitrogens is 2. The van der Waals surface area contributed by atoms with Crippen molar-refractivity contribution in [3.8, 4) is 5.75 Å². The van der Waals surface area contributed by atoms with Crippen molar-refractivity contribution in [2.45, 2.75) is 0 Å². The van der Waals surface area contributed by atoms with Crippen molar-refractivity contribution in [3.05, 3.63) is 36.7 Å². The molecule has 1 N–H and O–H groups in total. The summed E-state index contributed by atoms with van der Waals surface area (Å²) in [4.78, 5) is 15.6. The average Bonchev–Trinajstić information content (AvgIpc) is 2.69. The number of anilines is 3. The Balaban J connectivity index is 1.43. The van der Waals surface area contributed by atoms with Crippen LogP contribution in [0.1, 0.15) is 0 Å². The smallest absolute Gasteiger partial charge is 0.138 e. The first kappa shape index (κ1) is 16.0. The van der Waals surface area contributed by atoms with Crippen LogP contribution in [0.25, 0.3) is 0 Å². The van der Waals surface area contributed by atoms with E-state index in [4.69, 9.17) is 4.74 Å². The third kappa shape index (κ3) is 3.46. The number of para-hydroxylation sites is 2. The molecule has 7 heteroatoms. The van der Waals surface area contributed by atoms with Gasteiger partial charge in [-0.05, 0) is 12.1 Å². The quantitative estimate of drug-likeness (QED) is 0.904. The number of phenolic OH excluding ortho intramolecular Hbond substituents is 1. The molecule has 0 saturated carbocycles. The van der Waals surface area contributed by atoms with Crippen LogP contribution in [0, 0.1) is 0 Å². The Morgan fingerprint density at radius 3 is 2.08 bits per heavy atom. The number of rotatable bonds is 3. The Kier molecular flexibility index (Phi) is 4.56. The number of aromatic hydroxyl groups is 1. The fourth-order valence-corrected chi connectivity index (χ4v) is 3.38. The first-order chi connectivity index (χ1) is 12.3. The fraction of sp³-hybridized carbons (Fsp3) is 0.444. The predicted octanol–water partition coefficient (Wildman–Crippen LogP) is 1.35. The lowest BCUT2D eigenvalue weighted by molar-refractivity contribution is 0.122. The average molecular weight is 341 g/mol. The highest BCUT2D eigenvalue weighted by Gasteiger charge is 2.21. The van der Waals surface area contributed by atoms with Gasteiger partial charge in [-0.3, -0.25) is 0 Å². The van der Waals surface area contributed by atoms with Crippen LogP contribution in [0.5, 0.6) is 5.75 Å². The van der Waals surface area contributed by atoms with Crippen LogP contribution in [0.15, 0.2) is 36.7 Å². The van der Waals surface area contributed by atoms with Gasteiger partial charge < -0.3 is 24.5 Å². The molecule has 7 nitrogen and oxygen atoms in total. The van der Waals surface area contributed by atoms with Crippen LogP contribution < -0.4 is 14.7 Å². The molecule has 1 aromatic carbocycles. The number of benzene rings is 1. The summed E-state index contributed by atoms with van der Waals surface area (Å²) < 4.78 is 5.41. The summed E-state index contributed by atoms with van der Waals surface area (Å²) in [6.07, 6.45) is 1.65. The lowest BCUT2D eigenvalue weighted by Crippen LogP contribution is -2.47. The van der Waals surface area contributed by atoms with Crippen LogP contribution in [0.2, 0.25) is 0 Å². The Hall–Kier alpha value is -2.54. The van der Waals surface area contributed by atoms with Gasteiger partial charge in [-0.2, -0.15) is 0 Å². The van der Waals surface area contributed by atoms with Crippen LogP contribution in [0.3, 0.4) is 0 Å². The van der Waals surface area contributed by atoms with E-state index in [0.29, 0.717) is 5.75 Å². The lowest BCUT2D eigenvalue weighted by atomic mass is 10.2. The molecular weight excluding hydrogens is 318 g/mol. The minimum Gasteiger partial charge on any atom is -0.506 e. The number of ether oxygens (including phenoxy) is 1. The number of piperazine rings is 1. The summed E-state index contributed by atoms with van der Waals surface area (Å²) >= 11 is 0. The lowest BCUT2D eigenvalue weighted by Gasteiger charge is -2.37. The molecule has 0 radical (unpaired) electrons. The van der Waals surface area contributed by atoms with Gasteiger partial charge in [0.25, 0.3) is 0 Å². The van der Waals surface area contributed by atoms with E-state index in [1.807, 2.05) is 18.2 Å². The highest BCUT2D eigenvalue weighted by molar-refractivity contribution is 5.59. The van der Waals surface area contributed by atoms with Crippen LogP contribution in [-0.2, 0) is 4.74 Å². The Morgan fingerprint density at radius 1 is 0.800 bits per heavy atom. The van der Waals surface area contributed by atoms with E-state index in [2.05, 4.69) is 30.7 Å². The number of morpholine rings is 1. The van der Waals surface area contributed by atoms with Crippen molar-refractivity contribution in [2.24, 2.45) is 0 Å². The maximum atomic E-state index is 10.0. The number of nitrogens with zero attached hydrogens (tertiary/aromatic N) is 5. The van der Waals surface area contributed by atoms with E-state index in [1.54, 1.807) is 12.4 Å². The summed E-state index contributed by atoms with van der Waals surface area (Å²) in [5.41, 5.74) is 0.902. The molecule has 0 spiro atoms. The molecule has 2 aliphatic rings. The predicted molar refractivity (Wildman–Crippen MR) is 97.6 cm³/mol. The van der Waals surface area contributed by atoms with E-state index >= 15 is 0 Å². The standard InChI is InChI=1S/C18H23N5O2/c24-16-4-2-1-3-15(16)21-5-7-22(8-6-21)17-13-18(20-14-19-17)23-9-11-25-12-10-23/h1-4,13-14,24H,5-12H2. The monoisotopic (exact) mass is 341 g/mol. The summed E-state index contributed by atoms with van der Waals surface area (Å²) in [7, 11) is 0. The maximum absolute atomic E-state index is 10.0. The molecule has 2 aromatic rings. The van der Waals surface area contributed by atoms with Gasteiger partial charge in [0.1, 0.15) is 23.7 Å². The van der Waals surface area contributed by atoms with Gasteiger partial charge in [0, 0.05) is 45.3 Å². The Morgan fingerprint density at radius 2 is 1.40 bits per heavy atom. The minimum atomic E-state index is 0.340. The van der Waals surface area contributed by atoms with Crippen molar-refractivity contribution in [2.75, 3.05) is 67.2 Å². The van der Waals surface area contributed by atoms with Crippen molar-refractivity contribution >= 4 is 17.3 Å². The zero-order valence-electron chi connectivity index (χ0n) is 14.2. The molecule has 25 heavy (non-hydrogen) atoms. The molecule has 2 aliphatic heterocycles. The van der Waals surface area contributed by atoms with Gasteiger partial charge in [0.15, 0.2) is 0 Å². The molecule has 0 bridgehead atoms. The topological polar surface area (TPSA) is 65.0 Å². The molecule has 4 rings (SSSR count). The van der Waals surface area contributed by atoms with E-state index in [9.17, 15) is 5.11 Å². The summed E-state index contributed by atoms with van der Waals surface area (Å²) in [6.45, 7) is 6.69. The van der Waals surface area contributed by atoms with Crippen molar-refractivity contribution in [1.29, 1.82) is 0 Å². The number of phenols is 1. The summed E-state index contributed by atoms with van der Waals surface area (Å²) in [5, 5.41) is 10.0. The molecule has 0 atom stereocenters. The molecule has 0 aliphatic carbocycles. The van der Waals surface area contributed by atoms with E-state index in [0.717, 1.165) is 69.8 Å². The van der Waals surface area contributed by atoms with Gasteiger partial charge in [-0.15, -0.1) is 0 Å². The third-order valence-electron chi connectivity index (χ3n) is 4.80. The van der Waals surface area contributed by atoms with E-state index in [1.165, 1.54) is 0 Å². The third-order valence-corrected chi connectivity index (χ3v) is 4.80. The second kappa shape index (κ2) is 7.14. The van der Waals surface area contributed by atoms with Gasteiger partial charge in [-0.25, -0.2) is 9.97 Å². The fourth-order valence-electron chi connectivity index (χ4n) is 3.38. The van der Waals surface area contributed by atoms with Gasteiger partial charge in [0.2, 0.25) is 0 Å². The van der Waals surface area contributed by atoms with Crippen molar-refractivity contribution in [1.82, 2.24) is 9.97 Å². The van der Waals surface area contributed by atoms with Crippen LogP contribution in [-0.4, -0.2) is 67.6 Å². The molecule has 132 valence electrons. The molecule has 0 amide bonds. The van der Waals surface area contributed by atoms with E-state index in [-0.39, 0.29) is 0 Å². The first-order valence-electron chi connectivity index (χ1n) is 8.74. The number of hydrogen-bond donors (Lipinski definition) is 1. The molecule has 1 aromatic heterocycles. The zero-order chi connectivity index (χ0) is 17.1. The van der Waals surface area contributed by atoms with Crippen LogP contribution in [0.4, 0.5) is 17.3 Å². The molecule has 0 unspecified atom stereocenters. The van der Waals surface area contributed by atoms with E-state index < -0.39 is 0 Å².